The number of carboxylic acid groups (broad SMARTS) is 1. The molecule has 0 aliphatic heterocycles. The van der Waals surface area contributed by atoms with E-state index in [0.29, 0.717) is 11.1 Å². The number of halogens is 1. The second kappa shape index (κ2) is 4.99. The quantitative estimate of drug-likeness (QED) is 0.914. The molecular formula is C14H18FNO3. The number of hydrogen-bond donors (Lipinski definition) is 1. The Bertz CT molecular complexity index is 514. The van der Waals surface area contributed by atoms with Gasteiger partial charge in [-0.25, -0.2) is 9.18 Å². The Labute approximate surface area is 111 Å². The molecule has 0 saturated heterocycles. The van der Waals surface area contributed by atoms with Gasteiger partial charge in [-0.15, -0.1) is 0 Å². The van der Waals surface area contributed by atoms with E-state index < -0.39 is 17.4 Å². The standard InChI is InChI=1S/C14H18FNO3/c1-8-6-10(7-9(2)11(8)15)12(17)16(5)14(3,4)13(18)19/h6-7H,1-5H3,(H,18,19). The minimum Gasteiger partial charge on any atom is -0.480 e. The minimum atomic E-state index is -1.33. The third-order valence-corrected chi connectivity index (χ3v) is 3.35. The monoisotopic (exact) mass is 267 g/mol. The Balaban J connectivity index is 3.18. The van der Waals surface area contributed by atoms with Gasteiger partial charge in [0.2, 0.25) is 0 Å². The highest BCUT2D eigenvalue weighted by Gasteiger charge is 2.35. The molecule has 0 heterocycles. The number of aliphatic carboxylic acids is 1. The summed E-state index contributed by atoms with van der Waals surface area (Å²) in [6.45, 7) is 6.02. The number of carboxylic acids is 1. The molecule has 0 aliphatic carbocycles. The minimum absolute atomic E-state index is 0.285. The molecule has 0 aromatic heterocycles. The molecule has 0 spiro atoms. The van der Waals surface area contributed by atoms with E-state index >= 15 is 0 Å². The maximum absolute atomic E-state index is 13.5. The Morgan fingerprint density at radius 1 is 1.21 bits per heavy atom. The van der Waals surface area contributed by atoms with Gasteiger partial charge in [-0.2, -0.15) is 0 Å². The molecule has 5 heteroatoms. The van der Waals surface area contributed by atoms with Crippen LogP contribution in [0.4, 0.5) is 4.39 Å². The molecular weight excluding hydrogens is 249 g/mol. The summed E-state index contributed by atoms with van der Waals surface area (Å²) in [5.74, 6) is -1.89. The molecule has 0 bridgehead atoms. The molecule has 1 rings (SSSR count). The number of rotatable bonds is 3. The lowest BCUT2D eigenvalue weighted by Gasteiger charge is -2.31. The van der Waals surface area contributed by atoms with Crippen molar-refractivity contribution >= 4 is 11.9 Å². The van der Waals surface area contributed by atoms with Gasteiger partial charge in [-0.1, -0.05) is 0 Å². The van der Waals surface area contributed by atoms with E-state index in [9.17, 15) is 14.0 Å². The second-order valence-electron chi connectivity index (χ2n) is 5.15. The average molecular weight is 267 g/mol. The highest BCUT2D eigenvalue weighted by molar-refractivity contribution is 5.97. The van der Waals surface area contributed by atoms with Crippen molar-refractivity contribution in [1.29, 1.82) is 0 Å². The van der Waals surface area contributed by atoms with Crippen LogP contribution in [0.3, 0.4) is 0 Å². The van der Waals surface area contributed by atoms with Gasteiger partial charge in [-0.3, -0.25) is 4.79 Å². The second-order valence-corrected chi connectivity index (χ2v) is 5.15. The third kappa shape index (κ3) is 2.75. The summed E-state index contributed by atoms with van der Waals surface area (Å²) in [5, 5.41) is 9.11. The molecule has 1 aromatic carbocycles. The van der Waals surface area contributed by atoms with Crippen LogP contribution in [-0.4, -0.2) is 34.5 Å². The van der Waals surface area contributed by atoms with E-state index in [-0.39, 0.29) is 11.4 Å². The van der Waals surface area contributed by atoms with E-state index in [1.165, 1.54) is 33.0 Å². The van der Waals surface area contributed by atoms with E-state index in [1.807, 2.05) is 0 Å². The Morgan fingerprint density at radius 2 is 1.63 bits per heavy atom. The zero-order chi connectivity index (χ0) is 15.0. The lowest BCUT2D eigenvalue weighted by Crippen LogP contribution is -2.50. The Hall–Kier alpha value is -1.91. The molecule has 0 radical (unpaired) electrons. The van der Waals surface area contributed by atoms with E-state index in [4.69, 9.17) is 5.11 Å². The van der Waals surface area contributed by atoms with Crippen LogP contribution in [0, 0.1) is 19.7 Å². The normalized spacial score (nSPS) is 11.3. The molecule has 1 amide bonds. The predicted molar refractivity (Wildman–Crippen MR) is 69.7 cm³/mol. The number of hydrogen-bond acceptors (Lipinski definition) is 2. The maximum Gasteiger partial charge on any atom is 0.329 e. The first-order valence-electron chi connectivity index (χ1n) is 5.87. The summed E-state index contributed by atoms with van der Waals surface area (Å²) in [6, 6.07) is 2.86. The van der Waals surface area contributed by atoms with Crippen molar-refractivity contribution in [2.75, 3.05) is 7.05 Å². The van der Waals surface area contributed by atoms with Gasteiger partial charge < -0.3 is 10.0 Å². The van der Waals surface area contributed by atoms with Crippen LogP contribution >= 0.6 is 0 Å². The smallest absolute Gasteiger partial charge is 0.329 e. The predicted octanol–water partition coefficient (Wildman–Crippen LogP) is 2.38. The summed E-state index contributed by atoms with van der Waals surface area (Å²) in [4.78, 5) is 24.5. The molecule has 104 valence electrons. The maximum atomic E-state index is 13.5. The number of benzene rings is 1. The summed E-state index contributed by atoms with van der Waals surface area (Å²) >= 11 is 0. The number of nitrogens with zero attached hydrogens (tertiary/aromatic N) is 1. The first-order valence-corrected chi connectivity index (χ1v) is 5.87. The first kappa shape index (κ1) is 15.1. The summed E-state index contributed by atoms with van der Waals surface area (Å²) in [6.07, 6.45) is 0. The Kier molecular flexibility index (Phi) is 3.98. The van der Waals surface area contributed by atoms with Gasteiger partial charge >= 0.3 is 5.97 Å². The highest BCUT2D eigenvalue weighted by atomic mass is 19.1. The molecule has 19 heavy (non-hydrogen) atoms. The topological polar surface area (TPSA) is 57.6 Å². The van der Waals surface area contributed by atoms with Crippen molar-refractivity contribution in [3.8, 4) is 0 Å². The van der Waals surface area contributed by atoms with Crippen molar-refractivity contribution in [3.63, 3.8) is 0 Å². The number of aryl methyl sites for hydroxylation is 2. The average Bonchev–Trinajstić information content (AvgIpc) is 2.33. The first-order chi connectivity index (χ1) is 8.59. The van der Waals surface area contributed by atoms with Crippen molar-refractivity contribution in [2.24, 2.45) is 0 Å². The van der Waals surface area contributed by atoms with Gasteiger partial charge in [0, 0.05) is 12.6 Å². The fourth-order valence-corrected chi connectivity index (χ4v) is 1.66. The molecule has 1 N–H and O–H groups in total. The fourth-order valence-electron chi connectivity index (χ4n) is 1.66. The number of likely N-dealkylation sites (N-methyl/N-ethyl adjacent to an activating group) is 1. The van der Waals surface area contributed by atoms with Crippen molar-refractivity contribution in [2.45, 2.75) is 33.2 Å². The molecule has 1 aromatic rings. The van der Waals surface area contributed by atoms with Crippen molar-refractivity contribution in [3.05, 3.63) is 34.6 Å². The van der Waals surface area contributed by atoms with E-state index in [1.54, 1.807) is 13.8 Å². The van der Waals surface area contributed by atoms with Crippen LogP contribution in [0.1, 0.15) is 35.3 Å². The number of carbonyl (C=O) groups excluding carboxylic acids is 1. The largest absolute Gasteiger partial charge is 0.480 e. The molecule has 0 saturated carbocycles. The molecule has 0 atom stereocenters. The summed E-state index contributed by atoms with van der Waals surface area (Å²) in [5.41, 5.74) is -0.309. The third-order valence-electron chi connectivity index (χ3n) is 3.35. The fraction of sp³-hybridized carbons (Fsp3) is 0.429. The zero-order valence-corrected chi connectivity index (χ0v) is 11.7. The van der Waals surface area contributed by atoms with Crippen LogP contribution in [0.2, 0.25) is 0 Å². The van der Waals surface area contributed by atoms with Crippen LogP contribution in [0.15, 0.2) is 12.1 Å². The van der Waals surface area contributed by atoms with Crippen LogP contribution in [0.25, 0.3) is 0 Å². The zero-order valence-electron chi connectivity index (χ0n) is 11.7. The van der Waals surface area contributed by atoms with Gasteiger partial charge in [0.1, 0.15) is 11.4 Å². The number of amides is 1. The summed E-state index contributed by atoms with van der Waals surface area (Å²) in [7, 11) is 1.42. The molecule has 0 fully saturated rings. The Morgan fingerprint density at radius 3 is 2.00 bits per heavy atom. The van der Waals surface area contributed by atoms with Crippen molar-refractivity contribution in [1.82, 2.24) is 4.90 Å². The van der Waals surface area contributed by atoms with E-state index in [0.717, 1.165) is 4.90 Å². The van der Waals surface area contributed by atoms with Gasteiger partial charge in [0.15, 0.2) is 0 Å². The lowest BCUT2D eigenvalue weighted by molar-refractivity contribution is -0.147. The van der Waals surface area contributed by atoms with Crippen molar-refractivity contribution < 1.29 is 19.1 Å². The number of carbonyl (C=O) groups is 2. The van der Waals surface area contributed by atoms with E-state index in [2.05, 4.69) is 0 Å². The lowest BCUT2D eigenvalue weighted by atomic mass is 10.0. The highest BCUT2D eigenvalue weighted by Crippen LogP contribution is 2.20. The van der Waals surface area contributed by atoms with Gasteiger partial charge in [0.25, 0.3) is 5.91 Å². The van der Waals surface area contributed by atoms with Crippen LogP contribution in [-0.2, 0) is 4.79 Å². The van der Waals surface area contributed by atoms with Crippen LogP contribution < -0.4 is 0 Å². The van der Waals surface area contributed by atoms with Gasteiger partial charge in [-0.05, 0) is 51.0 Å². The SMILES string of the molecule is Cc1cc(C(=O)N(C)C(C)(C)C(=O)O)cc(C)c1F. The van der Waals surface area contributed by atoms with Crippen LogP contribution in [0.5, 0.6) is 0 Å². The molecule has 0 aliphatic rings. The molecule has 4 nitrogen and oxygen atoms in total. The molecule has 0 unspecified atom stereocenters. The van der Waals surface area contributed by atoms with Gasteiger partial charge in [0.05, 0.1) is 0 Å². The summed E-state index contributed by atoms with van der Waals surface area (Å²) < 4.78 is 13.5.